The molecule has 1 fully saturated rings. The Bertz CT molecular complexity index is 614. The first kappa shape index (κ1) is 13.1. The van der Waals surface area contributed by atoms with Crippen LogP contribution in [0.5, 0.6) is 0 Å². The molecule has 0 spiro atoms. The van der Waals surface area contributed by atoms with Gasteiger partial charge in [0, 0.05) is 28.6 Å². The predicted octanol–water partition coefficient (Wildman–Crippen LogP) is 4.50. The van der Waals surface area contributed by atoms with Crippen molar-refractivity contribution in [1.29, 1.82) is 0 Å². The van der Waals surface area contributed by atoms with Crippen molar-refractivity contribution in [3.8, 4) is 0 Å². The van der Waals surface area contributed by atoms with Gasteiger partial charge in [0.15, 0.2) is 0 Å². The monoisotopic (exact) mass is 292 g/mol. The van der Waals surface area contributed by atoms with E-state index in [0.29, 0.717) is 6.04 Å². The summed E-state index contributed by atoms with van der Waals surface area (Å²) in [6.45, 7) is 4.33. The van der Waals surface area contributed by atoms with Crippen LogP contribution < -0.4 is 5.32 Å². The minimum absolute atomic E-state index is 0.503. The number of aryl methyl sites for hydroxylation is 1. The third-order valence-corrected chi connectivity index (χ3v) is 5.23. The zero-order valence-electron chi connectivity index (χ0n) is 11.1. The quantitative estimate of drug-likeness (QED) is 0.882. The lowest BCUT2D eigenvalue weighted by molar-refractivity contribution is 0.748. The van der Waals surface area contributed by atoms with E-state index < -0.39 is 0 Å². The third kappa shape index (κ3) is 2.54. The summed E-state index contributed by atoms with van der Waals surface area (Å²) < 4.78 is 0. The van der Waals surface area contributed by atoms with Crippen LogP contribution >= 0.6 is 23.4 Å². The molecule has 0 aliphatic carbocycles. The standard InChI is InChI=1S/C15H17ClN2S/c1-9-6-13(16)15(12-4-3-5-17-14(9)12)18-11-7-10(2)19-8-11/h3-6,10-11,18H,7-8H2,1-2H3. The minimum Gasteiger partial charge on any atom is -0.380 e. The summed E-state index contributed by atoms with van der Waals surface area (Å²) in [5.41, 5.74) is 3.20. The van der Waals surface area contributed by atoms with Crippen LogP contribution in [0.3, 0.4) is 0 Å². The molecule has 1 aliphatic heterocycles. The molecule has 2 heterocycles. The number of benzene rings is 1. The Balaban J connectivity index is 2.02. The van der Waals surface area contributed by atoms with Crippen LogP contribution in [0.1, 0.15) is 18.9 Å². The molecule has 2 unspecified atom stereocenters. The van der Waals surface area contributed by atoms with Crippen LogP contribution in [-0.2, 0) is 0 Å². The average molecular weight is 293 g/mol. The van der Waals surface area contributed by atoms with Gasteiger partial charge in [-0.05, 0) is 37.1 Å². The van der Waals surface area contributed by atoms with Gasteiger partial charge >= 0.3 is 0 Å². The van der Waals surface area contributed by atoms with Gasteiger partial charge in [0.1, 0.15) is 0 Å². The average Bonchev–Trinajstić information content (AvgIpc) is 2.80. The van der Waals surface area contributed by atoms with Crippen molar-refractivity contribution in [1.82, 2.24) is 4.98 Å². The zero-order chi connectivity index (χ0) is 13.4. The van der Waals surface area contributed by atoms with Crippen molar-refractivity contribution in [2.75, 3.05) is 11.1 Å². The summed E-state index contributed by atoms with van der Waals surface area (Å²) in [7, 11) is 0. The highest BCUT2D eigenvalue weighted by Crippen LogP contribution is 2.36. The van der Waals surface area contributed by atoms with Crippen LogP contribution in [0, 0.1) is 6.92 Å². The number of anilines is 1. The van der Waals surface area contributed by atoms with E-state index in [1.807, 2.05) is 30.1 Å². The lowest BCUT2D eigenvalue weighted by atomic mass is 10.1. The fourth-order valence-electron chi connectivity index (χ4n) is 2.65. The van der Waals surface area contributed by atoms with E-state index in [1.54, 1.807) is 0 Å². The van der Waals surface area contributed by atoms with E-state index in [2.05, 4.69) is 30.2 Å². The van der Waals surface area contributed by atoms with Gasteiger partial charge in [-0.3, -0.25) is 4.98 Å². The maximum atomic E-state index is 6.43. The second-order valence-electron chi connectivity index (χ2n) is 5.17. The van der Waals surface area contributed by atoms with Crippen LogP contribution in [0.2, 0.25) is 5.02 Å². The van der Waals surface area contributed by atoms with Crippen LogP contribution in [0.15, 0.2) is 24.4 Å². The number of pyridine rings is 1. The van der Waals surface area contributed by atoms with Gasteiger partial charge in [-0.15, -0.1) is 0 Å². The van der Waals surface area contributed by atoms with Crippen molar-refractivity contribution in [3.05, 3.63) is 35.0 Å². The number of nitrogens with zero attached hydrogens (tertiary/aromatic N) is 1. The highest BCUT2D eigenvalue weighted by atomic mass is 35.5. The zero-order valence-corrected chi connectivity index (χ0v) is 12.7. The summed E-state index contributed by atoms with van der Waals surface area (Å²) >= 11 is 8.44. The van der Waals surface area contributed by atoms with Crippen molar-refractivity contribution in [2.24, 2.45) is 0 Å². The summed E-state index contributed by atoms with van der Waals surface area (Å²) in [6.07, 6.45) is 3.02. The molecule has 100 valence electrons. The molecule has 2 aromatic rings. The Labute approximate surface area is 122 Å². The normalized spacial score (nSPS) is 22.9. The second-order valence-corrected chi connectivity index (χ2v) is 7.05. The highest BCUT2D eigenvalue weighted by molar-refractivity contribution is 8.00. The van der Waals surface area contributed by atoms with E-state index >= 15 is 0 Å². The van der Waals surface area contributed by atoms with Crippen molar-refractivity contribution in [2.45, 2.75) is 31.6 Å². The molecule has 0 bridgehead atoms. The van der Waals surface area contributed by atoms with Gasteiger partial charge in [0.25, 0.3) is 0 Å². The van der Waals surface area contributed by atoms with E-state index in [4.69, 9.17) is 11.6 Å². The topological polar surface area (TPSA) is 24.9 Å². The molecule has 1 saturated heterocycles. The van der Waals surface area contributed by atoms with Gasteiger partial charge in [-0.2, -0.15) is 11.8 Å². The summed E-state index contributed by atoms with van der Waals surface area (Å²) in [5.74, 6) is 1.15. The molecule has 1 aliphatic rings. The maximum Gasteiger partial charge on any atom is 0.0752 e. The summed E-state index contributed by atoms with van der Waals surface area (Å²) in [4.78, 5) is 4.47. The Kier molecular flexibility index (Phi) is 3.59. The number of aromatic nitrogens is 1. The number of halogens is 1. The van der Waals surface area contributed by atoms with E-state index in [-0.39, 0.29) is 0 Å². The fourth-order valence-corrected chi connectivity index (χ4v) is 4.12. The molecule has 1 aromatic carbocycles. The minimum atomic E-state index is 0.503. The molecular weight excluding hydrogens is 276 g/mol. The first-order valence-electron chi connectivity index (χ1n) is 6.57. The maximum absolute atomic E-state index is 6.43. The lowest BCUT2D eigenvalue weighted by Gasteiger charge is -2.17. The number of rotatable bonds is 2. The largest absolute Gasteiger partial charge is 0.380 e. The molecule has 0 radical (unpaired) electrons. The van der Waals surface area contributed by atoms with Crippen LogP contribution in [0.4, 0.5) is 5.69 Å². The fraction of sp³-hybridized carbons (Fsp3) is 0.400. The van der Waals surface area contributed by atoms with Gasteiger partial charge < -0.3 is 5.32 Å². The Hall–Kier alpha value is -0.930. The first-order chi connectivity index (χ1) is 9.15. The smallest absolute Gasteiger partial charge is 0.0752 e. The lowest BCUT2D eigenvalue weighted by Crippen LogP contribution is -2.19. The second kappa shape index (κ2) is 5.22. The van der Waals surface area contributed by atoms with E-state index in [0.717, 1.165) is 38.2 Å². The van der Waals surface area contributed by atoms with Crippen molar-refractivity contribution in [3.63, 3.8) is 0 Å². The van der Waals surface area contributed by atoms with Gasteiger partial charge in [-0.25, -0.2) is 0 Å². The molecule has 1 aromatic heterocycles. The molecule has 2 atom stereocenters. The molecule has 1 N–H and O–H groups in total. The molecular formula is C15H17ClN2S. The summed E-state index contributed by atoms with van der Waals surface area (Å²) in [6, 6.07) is 6.57. The summed E-state index contributed by atoms with van der Waals surface area (Å²) in [5, 5.41) is 6.26. The Morgan fingerprint density at radius 3 is 3.05 bits per heavy atom. The SMILES string of the molecule is Cc1cc(Cl)c(NC2CSC(C)C2)c2cccnc12. The highest BCUT2D eigenvalue weighted by Gasteiger charge is 2.23. The molecule has 0 amide bonds. The molecule has 0 saturated carbocycles. The van der Waals surface area contributed by atoms with Crippen LogP contribution in [-0.4, -0.2) is 22.0 Å². The van der Waals surface area contributed by atoms with Gasteiger partial charge in [0.05, 0.1) is 16.2 Å². The number of nitrogens with one attached hydrogen (secondary N) is 1. The van der Waals surface area contributed by atoms with Gasteiger partial charge in [-0.1, -0.05) is 18.5 Å². The van der Waals surface area contributed by atoms with E-state index in [9.17, 15) is 0 Å². The first-order valence-corrected chi connectivity index (χ1v) is 8.00. The van der Waals surface area contributed by atoms with Crippen molar-refractivity contribution >= 4 is 40.0 Å². The molecule has 2 nitrogen and oxygen atoms in total. The van der Waals surface area contributed by atoms with Crippen LogP contribution in [0.25, 0.3) is 10.9 Å². The van der Waals surface area contributed by atoms with E-state index in [1.165, 1.54) is 6.42 Å². The molecule has 4 heteroatoms. The van der Waals surface area contributed by atoms with Gasteiger partial charge in [0.2, 0.25) is 0 Å². The number of fused-ring (bicyclic) bond motifs is 1. The third-order valence-electron chi connectivity index (χ3n) is 3.58. The number of thioether (sulfide) groups is 1. The molecule has 3 rings (SSSR count). The molecule has 19 heavy (non-hydrogen) atoms. The van der Waals surface area contributed by atoms with Crippen molar-refractivity contribution < 1.29 is 0 Å². The number of hydrogen-bond acceptors (Lipinski definition) is 3. The Morgan fingerprint density at radius 1 is 1.47 bits per heavy atom. The number of hydrogen-bond donors (Lipinski definition) is 1. The Morgan fingerprint density at radius 2 is 2.32 bits per heavy atom. The predicted molar refractivity (Wildman–Crippen MR) is 85.4 cm³/mol.